The first kappa shape index (κ1) is 26.8. The van der Waals surface area contributed by atoms with Crippen LogP contribution in [0.4, 0.5) is 0 Å². The van der Waals surface area contributed by atoms with Crippen molar-refractivity contribution in [3.8, 4) is 0 Å². The van der Waals surface area contributed by atoms with E-state index < -0.39 is 12.8 Å². The highest BCUT2D eigenvalue weighted by molar-refractivity contribution is 7.53. The minimum absolute atomic E-state index is 0.144. The number of rotatable bonds is 7. The highest BCUT2D eigenvalue weighted by Gasteiger charge is 2.50. The highest BCUT2D eigenvalue weighted by atomic mass is 31.2. The normalized spacial score (nSPS) is 13.2. The molecule has 178 valence electrons. The Kier molecular flexibility index (Phi) is 7.93. The average Bonchev–Trinajstić information content (AvgIpc) is 2.64. The Labute approximate surface area is 195 Å². The second kappa shape index (κ2) is 9.45. The number of aryl methyl sites for hydroxylation is 2. The van der Waals surface area contributed by atoms with E-state index in [-0.39, 0.29) is 11.8 Å². The van der Waals surface area contributed by atoms with Gasteiger partial charge in [-0.3, -0.25) is 4.57 Å². The third kappa shape index (κ3) is 4.76. The van der Waals surface area contributed by atoms with Crippen molar-refractivity contribution in [2.45, 2.75) is 105 Å². The van der Waals surface area contributed by atoms with Gasteiger partial charge in [0.05, 0.1) is 0 Å². The largest absolute Gasteiger partial charge is 0.340 e. The summed E-state index contributed by atoms with van der Waals surface area (Å²) in [5.74, 6) is 0.983. The number of hydrogen-bond donors (Lipinski definition) is 2. The molecule has 0 aromatic heterocycles. The van der Waals surface area contributed by atoms with Crippen LogP contribution in [0, 0.1) is 13.8 Å². The van der Waals surface area contributed by atoms with Crippen LogP contribution < -0.4 is 0 Å². The van der Waals surface area contributed by atoms with Crippen molar-refractivity contribution >= 4 is 7.60 Å². The van der Waals surface area contributed by atoms with Crippen molar-refractivity contribution in [1.29, 1.82) is 0 Å². The van der Waals surface area contributed by atoms with Crippen LogP contribution >= 0.6 is 7.60 Å². The van der Waals surface area contributed by atoms with Crippen molar-refractivity contribution in [2.24, 2.45) is 0 Å². The molecular weight excluding hydrogens is 415 g/mol. The van der Waals surface area contributed by atoms with Crippen LogP contribution in [0.3, 0.4) is 0 Å². The van der Waals surface area contributed by atoms with E-state index in [0.29, 0.717) is 11.8 Å². The molecule has 0 aliphatic heterocycles. The molecule has 2 rings (SSSR count). The SMILES string of the molecule is Cc1cc(C(C)C)cc(C(C)C)c1C(C)(c1c(C)cc(C(C)C)cc1C(C)C)P(=O)(O)O. The van der Waals surface area contributed by atoms with Crippen LogP contribution in [0.15, 0.2) is 24.3 Å². The summed E-state index contributed by atoms with van der Waals surface area (Å²) in [5.41, 5.74) is 7.95. The van der Waals surface area contributed by atoms with Gasteiger partial charge in [0.1, 0.15) is 5.16 Å². The van der Waals surface area contributed by atoms with Gasteiger partial charge in [0.15, 0.2) is 0 Å². The third-order valence-corrected chi connectivity index (χ3v) is 8.52. The Bertz CT molecular complexity index is 956. The fourth-order valence-electron chi connectivity index (χ4n) is 5.01. The third-order valence-electron chi connectivity index (χ3n) is 6.91. The van der Waals surface area contributed by atoms with E-state index in [1.54, 1.807) is 6.92 Å². The lowest BCUT2D eigenvalue weighted by atomic mass is 9.75. The maximum absolute atomic E-state index is 13.4. The van der Waals surface area contributed by atoms with Crippen molar-refractivity contribution in [2.75, 3.05) is 0 Å². The maximum atomic E-state index is 13.4. The molecular formula is C28H43O3P. The van der Waals surface area contributed by atoms with Gasteiger partial charge in [-0.05, 0) is 89.0 Å². The fraction of sp³-hybridized carbons (Fsp3) is 0.571. The van der Waals surface area contributed by atoms with Gasteiger partial charge in [-0.25, -0.2) is 0 Å². The summed E-state index contributed by atoms with van der Waals surface area (Å²) < 4.78 is 13.4. The molecule has 2 aromatic rings. The van der Waals surface area contributed by atoms with E-state index in [9.17, 15) is 14.4 Å². The Morgan fingerprint density at radius 2 is 0.969 bits per heavy atom. The second-order valence-electron chi connectivity index (χ2n) is 10.8. The molecule has 0 fully saturated rings. The molecule has 2 aromatic carbocycles. The van der Waals surface area contributed by atoms with E-state index in [4.69, 9.17) is 0 Å². The van der Waals surface area contributed by atoms with Gasteiger partial charge in [0.25, 0.3) is 0 Å². The summed E-state index contributed by atoms with van der Waals surface area (Å²) in [6, 6.07) is 8.57. The molecule has 0 radical (unpaired) electrons. The van der Waals surface area contributed by atoms with Crippen LogP contribution in [0.25, 0.3) is 0 Å². The Morgan fingerprint density at radius 3 is 1.19 bits per heavy atom. The van der Waals surface area contributed by atoms with E-state index in [2.05, 4.69) is 79.7 Å². The van der Waals surface area contributed by atoms with Gasteiger partial charge in [0.2, 0.25) is 0 Å². The minimum atomic E-state index is -4.60. The first-order valence-corrected chi connectivity index (χ1v) is 13.5. The first-order chi connectivity index (χ1) is 14.5. The topological polar surface area (TPSA) is 57.5 Å². The summed E-state index contributed by atoms with van der Waals surface area (Å²) >= 11 is 0. The molecule has 0 saturated carbocycles. The smallest absolute Gasteiger partial charge is 0.324 e. The molecule has 3 nitrogen and oxygen atoms in total. The lowest BCUT2D eigenvalue weighted by Crippen LogP contribution is -2.30. The summed E-state index contributed by atoms with van der Waals surface area (Å²) in [6.45, 7) is 22.9. The molecule has 4 heteroatoms. The average molecular weight is 459 g/mol. The van der Waals surface area contributed by atoms with Gasteiger partial charge in [-0.15, -0.1) is 0 Å². The van der Waals surface area contributed by atoms with Crippen molar-refractivity contribution < 1.29 is 14.4 Å². The molecule has 0 spiro atoms. The molecule has 0 heterocycles. The van der Waals surface area contributed by atoms with Crippen LogP contribution in [-0.2, 0) is 9.72 Å². The second-order valence-corrected chi connectivity index (χ2v) is 12.8. The van der Waals surface area contributed by atoms with Gasteiger partial charge >= 0.3 is 7.60 Å². The Morgan fingerprint density at radius 1 is 0.656 bits per heavy atom. The van der Waals surface area contributed by atoms with Crippen molar-refractivity contribution in [1.82, 2.24) is 0 Å². The highest BCUT2D eigenvalue weighted by Crippen LogP contribution is 2.64. The summed E-state index contributed by atoms with van der Waals surface area (Å²) in [7, 11) is -4.60. The Hall–Kier alpha value is -1.41. The monoisotopic (exact) mass is 458 g/mol. The van der Waals surface area contributed by atoms with E-state index >= 15 is 0 Å². The van der Waals surface area contributed by atoms with Gasteiger partial charge in [-0.2, -0.15) is 0 Å². The van der Waals surface area contributed by atoms with E-state index in [1.807, 2.05) is 13.8 Å². The zero-order valence-electron chi connectivity index (χ0n) is 21.9. The van der Waals surface area contributed by atoms with Crippen molar-refractivity contribution in [3.63, 3.8) is 0 Å². The molecule has 0 bridgehead atoms. The summed E-state index contributed by atoms with van der Waals surface area (Å²) in [4.78, 5) is 21.9. The zero-order valence-corrected chi connectivity index (χ0v) is 22.8. The van der Waals surface area contributed by atoms with E-state index in [0.717, 1.165) is 33.4 Å². The predicted molar refractivity (Wildman–Crippen MR) is 137 cm³/mol. The van der Waals surface area contributed by atoms with Crippen molar-refractivity contribution in [3.05, 3.63) is 68.8 Å². The molecule has 0 aliphatic carbocycles. The Balaban J connectivity index is 3.10. The fourth-order valence-corrected chi connectivity index (χ4v) is 6.20. The zero-order chi connectivity index (χ0) is 24.8. The van der Waals surface area contributed by atoms with Crippen LogP contribution in [0.1, 0.15) is 130 Å². The molecule has 2 N–H and O–H groups in total. The predicted octanol–water partition coefficient (Wildman–Crippen LogP) is 8.24. The summed E-state index contributed by atoms with van der Waals surface area (Å²) in [5, 5.41) is -1.43. The standard InChI is InChI=1S/C28H43O3P/c1-16(2)22-12-20(9)26(24(14-22)18(5)6)28(11,32(29,30)31)27-21(10)13-23(17(3)4)15-25(27)19(7)8/h12-19H,1-11H3,(H2,29,30,31). The molecule has 0 saturated heterocycles. The van der Waals surface area contributed by atoms with Gasteiger partial charge < -0.3 is 9.79 Å². The molecule has 0 unspecified atom stereocenters. The van der Waals surface area contributed by atoms with Crippen LogP contribution in [-0.4, -0.2) is 9.79 Å². The molecule has 0 aliphatic rings. The molecule has 32 heavy (non-hydrogen) atoms. The summed E-state index contributed by atoms with van der Waals surface area (Å²) in [6.07, 6.45) is 0. The van der Waals surface area contributed by atoms with Gasteiger partial charge in [-0.1, -0.05) is 79.7 Å². The molecule has 0 amide bonds. The van der Waals surface area contributed by atoms with E-state index in [1.165, 1.54) is 11.1 Å². The van der Waals surface area contributed by atoms with Gasteiger partial charge in [0, 0.05) is 0 Å². The first-order valence-electron chi connectivity index (χ1n) is 11.9. The maximum Gasteiger partial charge on any atom is 0.340 e. The molecule has 0 atom stereocenters. The lowest BCUT2D eigenvalue weighted by molar-refractivity contribution is 0.342. The lowest BCUT2D eigenvalue weighted by Gasteiger charge is -2.39. The quantitative estimate of drug-likeness (QED) is 0.411. The number of hydrogen-bond acceptors (Lipinski definition) is 1. The minimum Gasteiger partial charge on any atom is -0.324 e. The van der Waals surface area contributed by atoms with Crippen LogP contribution in [0.2, 0.25) is 0 Å². The number of benzene rings is 2. The van der Waals surface area contributed by atoms with Crippen LogP contribution in [0.5, 0.6) is 0 Å².